The van der Waals surface area contributed by atoms with E-state index in [0.29, 0.717) is 22.6 Å². The van der Waals surface area contributed by atoms with Gasteiger partial charge in [-0.15, -0.1) is 5.10 Å². The fourth-order valence-corrected chi connectivity index (χ4v) is 2.31. The molecular formula is C13H13N5OS. The van der Waals surface area contributed by atoms with Gasteiger partial charge >= 0.3 is 0 Å². The van der Waals surface area contributed by atoms with Gasteiger partial charge in [0.2, 0.25) is 11.0 Å². The zero-order chi connectivity index (χ0) is 13.9. The first kappa shape index (κ1) is 12.9. The highest BCUT2D eigenvalue weighted by molar-refractivity contribution is 7.98. The molecule has 20 heavy (non-hydrogen) atoms. The van der Waals surface area contributed by atoms with Crippen LogP contribution >= 0.6 is 11.8 Å². The maximum atomic E-state index is 5.52. The number of oxazole rings is 1. The molecular weight excluding hydrogens is 274 g/mol. The smallest absolute Gasteiger partial charge is 0.209 e. The summed E-state index contributed by atoms with van der Waals surface area (Å²) >= 11 is 1.48. The van der Waals surface area contributed by atoms with Crippen molar-refractivity contribution in [1.29, 1.82) is 0 Å². The molecule has 3 aromatic rings. The molecule has 6 nitrogen and oxygen atoms in total. The lowest BCUT2D eigenvalue weighted by atomic mass is 10.3. The molecule has 0 unspecified atom stereocenters. The summed E-state index contributed by atoms with van der Waals surface area (Å²) in [4.78, 5) is 12.8. The van der Waals surface area contributed by atoms with Crippen molar-refractivity contribution in [1.82, 2.24) is 25.1 Å². The van der Waals surface area contributed by atoms with Gasteiger partial charge in [0.15, 0.2) is 5.82 Å². The Balaban J connectivity index is 1.69. The van der Waals surface area contributed by atoms with Crippen LogP contribution in [0.25, 0.3) is 11.4 Å². The Bertz CT molecular complexity index is 687. The maximum absolute atomic E-state index is 5.52. The van der Waals surface area contributed by atoms with Crippen molar-refractivity contribution in [2.24, 2.45) is 0 Å². The topological polar surface area (TPSA) is 80.5 Å². The number of thioether (sulfide) groups is 1. The summed E-state index contributed by atoms with van der Waals surface area (Å²) in [5, 5.41) is 7.73. The fraction of sp³-hybridized carbons (Fsp3) is 0.231. The van der Waals surface area contributed by atoms with Gasteiger partial charge in [0.1, 0.15) is 5.76 Å². The Morgan fingerprint density at radius 3 is 2.90 bits per heavy atom. The van der Waals surface area contributed by atoms with Crippen LogP contribution < -0.4 is 0 Å². The first-order valence-electron chi connectivity index (χ1n) is 6.11. The SMILES string of the molecule is Cc1nc(CSc2n[nH]c(-c3cccnc3)n2)oc1C. The predicted octanol–water partition coefficient (Wildman–Crippen LogP) is 2.76. The van der Waals surface area contributed by atoms with E-state index in [1.165, 1.54) is 11.8 Å². The molecule has 0 saturated carbocycles. The number of nitrogens with zero attached hydrogens (tertiary/aromatic N) is 4. The van der Waals surface area contributed by atoms with E-state index in [2.05, 4.69) is 25.1 Å². The number of hydrogen-bond donors (Lipinski definition) is 1. The molecule has 3 rings (SSSR count). The maximum Gasteiger partial charge on any atom is 0.209 e. The van der Waals surface area contributed by atoms with Crippen molar-refractivity contribution in [2.45, 2.75) is 24.8 Å². The van der Waals surface area contributed by atoms with Gasteiger partial charge in [-0.25, -0.2) is 9.97 Å². The van der Waals surface area contributed by atoms with Crippen molar-refractivity contribution in [2.75, 3.05) is 0 Å². The highest BCUT2D eigenvalue weighted by Crippen LogP contribution is 2.22. The van der Waals surface area contributed by atoms with E-state index in [1.54, 1.807) is 12.4 Å². The average Bonchev–Trinajstić information content (AvgIpc) is 3.05. The molecule has 0 aliphatic heterocycles. The highest BCUT2D eigenvalue weighted by Gasteiger charge is 2.10. The van der Waals surface area contributed by atoms with Crippen LogP contribution in [0.3, 0.4) is 0 Å². The summed E-state index contributed by atoms with van der Waals surface area (Å²) in [6, 6.07) is 3.80. The predicted molar refractivity (Wildman–Crippen MR) is 75.2 cm³/mol. The summed E-state index contributed by atoms with van der Waals surface area (Å²) < 4.78 is 5.52. The van der Waals surface area contributed by atoms with Gasteiger partial charge in [-0.1, -0.05) is 11.8 Å². The summed E-state index contributed by atoms with van der Waals surface area (Å²) in [5.41, 5.74) is 1.83. The zero-order valence-electron chi connectivity index (χ0n) is 11.1. The standard InChI is InChI=1S/C13H13N5OS/c1-8-9(2)19-11(15-8)7-20-13-16-12(17-18-13)10-4-3-5-14-6-10/h3-6H,7H2,1-2H3,(H,16,17,18). The molecule has 0 aromatic carbocycles. The molecule has 0 aliphatic rings. The van der Waals surface area contributed by atoms with Crippen molar-refractivity contribution in [3.05, 3.63) is 41.9 Å². The number of nitrogens with one attached hydrogen (secondary N) is 1. The highest BCUT2D eigenvalue weighted by atomic mass is 32.2. The summed E-state index contributed by atoms with van der Waals surface area (Å²) in [7, 11) is 0. The lowest BCUT2D eigenvalue weighted by Crippen LogP contribution is -1.83. The Kier molecular flexibility index (Phi) is 3.51. The van der Waals surface area contributed by atoms with Gasteiger partial charge in [-0.3, -0.25) is 10.1 Å². The third-order valence-corrected chi connectivity index (χ3v) is 3.63. The average molecular weight is 287 g/mol. The molecule has 0 amide bonds. The van der Waals surface area contributed by atoms with E-state index < -0.39 is 0 Å². The quantitative estimate of drug-likeness (QED) is 0.743. The number of hydrogen-bond acceptors (Lipinski definition) is 6. The number of aromatic nitrogens is 5. The summed E-state index contributed by atoms with van der Waals surface area (Å²) in [6.07, 6.45) is 3.47. The van der Waals surface area contributed by atoms with E-state index in [0.717, 1.165) is 17.0 Å². The van der Waals surface area contributed by atoms with Crippen LogP contribution in [-0.4, -0.2) is 25.1 Å². The minimum atomic E-state index is 0.610. The zero-order valence-corrected chi connectivity index (χ0v) is 11.9. The molecule has 1 N–H and O–H groups in total. The molecule has 3 aromatic heterocycles. The molecule has 0 atom stereocenters. The second-order valence-corrected chi connectivity index (χ2v) is 5.19. The van der Waals surface area contributed by atoms with Crippen LogP contribution in [0.1, 0.15) is 17.3 Å². The van der Waals surface area contributed by atoms with Crippen molar-refractivity contribution >= 4 is 11.8 Å². The molecule has 7 heteroatoms. The second kappa shape index (κ2) is 5.46. The van der Waals surface area contributed by atoms with Gasteiger partial charge in [0, 0.05) is 18.0 Å². The van der Waals surface area contributed by atoms with Crippen LogP contribution in [0.4, 0.5) is 0 Å². The fourth-order valence-electron chi connectivity index (χ4n) is 1.67. The van der Waals surface area contributed by atoms with Crippen molar-refractivity contribution in [3.8, 4) is 11.4 Å². The third kappa shape index (κ3) is 2.72. The molecule has 0 fully saturated rings. The van der Waals surface area contributed by atoms with Crippen LogP contribution in [0.2, 0.25) is 0 Å². The normalized spacial score (nSPS) is 10.9. The lowest BCUT2D eigenvalue weighted by Gasteiger charge is -1.92. The van der Waals surface area contributed by atoms with E-state index in [4.69, 9.17) is 4.42 Å². The summed E-state index contributed by atoms with van der Waals surface area (Å²) in [6.45, 7) is 3.84. The number of rotatable bonds is 4. The van der Waals surface area contributed by atoms with E-state index in [-0.39, 0.29) is 0 Å². The van der Waals surface area contributed by atoms with E-state index in [1.807, 2.05) is 26.0 Å². The van der Waals surface area contributed by atoms with Crippen LogP contribution in [0, 0.1) is 13.8 Å². The number of pyridine rings is 1. The molecule has 0 bridgehead atoms. The van der Waals surface area contributed by atoms with E-state index >= 15 is 0 Å². The first-order valence-corrected chi connectivity index (χ1v) is 7.09. The Morgan fingerprint density at radius 2 is 2.20 bits per heavy atom. The largest absolute Gasteiger partial charge is 0.445 e. The molecule has 3 heterocycles. The third-order valence-electron chi connectivity index (χ3n) is 2.80. The van der Waals surface area contributed by atoms with Gasteiger partial charge in [0.25, 0.3) is 0 Å². The number of H-pyrrole nitrogens is 1. The molecule has 0 aliphatic carbocycles. The van der Waals surface area contributed by atoms with Crippen LogP contribution in [0.5, 0.6) is 0 Å². The first-order chi connectivity index (χ1) is 9.72. The number of aryl methyl sites for hydroxylation is 2. The molecule has 0 radical (unpaired) electrons. The van der Waals surface area contributed by atoms with Crippen LogP contribution in [-0.2, 0) is 5.75 Å². The molecule has 0 spiro atoms. The van der Waals surface area contributed by atoms with Crippen molar-refractivity contribution < 1.29 is 4.42 Å². The Labute approximate surface area is 120 Å². The Morgan fingerprint density at radius 1 is 1.30 bits per heavy atom. The van der Waals surface area contributed by atoms with Crippen LogP contribution in [0.15, 0.2) is 34.1 Å². The van der Waals surface area contributed by atoms with Crippen molar-refractivity contribution in [3.63, 3.8) is 0 Å². The molecule has 102 valence electrons. The minimum Gasteiger partial charge on any atom is -0.445 e. The number of aromatic amines is 1. The van der Waals surface area contributed by atoms with Gasteiger partial charge < -0.3 is 4.42 Å². The van der Waals surface area contributed by atoms with Gasteiger partial charge in [0.05, 0.1) is 11.4 Å². The lowest BCUT2D eigenvalue weighted by molar-refractivity contribution is 0.489. The van der Waals surface area contributed by atoms with Gasteiger partial charge in [-0.2, -0.15) is 0 Å². The molecule has 0 saturated heterocycles. The summed E-state index contributed by atoms with van der Waals surface area (Å²) in [5.74, 6) is 2.86. The Hall–Kier alpha value is -2.15. The second-order valence-electron chi connectivity index (χ2n) is 4.25. The van der Waals surface area contributed by atoms with Gasteiger partial charge in [-0.05, 0) is 26.0 Å². The monoisotopic (exact) mass is 287 g/mol. The minimum absolute atomic E-state index is 0.610. The van der Waals surface area contributed by atoms with E-state index in [9.17, 15) is 0 Å².